The van der Waals surface area contributed by atoms with Gasteiger partial charge in [-0.25, -0.2) is 0 Å². The van der Waals surface area contributed by atoms with E-state index in [2.05, 4.69) is 45.3 Å². The highest BCUT2D eigenvalue weighted by Crippen LogP contribution is 2.33. The van der Waals surface area contributed by atoms with Crippen molar-refractivity contribution < 1.29 is 0 Å². The Labute approximate surface area is 99.2 Å². The molecule has 15 heavy (non-hydrogen) atoms. The number of nitrogens with zero attached hydrogens (tertiary/aromatic N) is 1. The molecule has 3 nitrogen and oxygen atoms in total. The molecule has 1 aliphatic heterocycles. The lowest BCUT2D eigenvalue weighted by Gasteiger charge is -2.21. The zero-order chi connectivity index (χ0) is 10.8. The second kappa shape index (κ2) is 4.66. The summed E-state index contributed by atoms with van der Waals surface area (Å²) in [5, 5.41) is 11.0. The van der Waals surface area contributed by atoms with E-state index >= 15 is 0 Å². The quantitative estimate of drug-likeness (QED) is 0.869. The molecule has 4 heteroatoms. The number of aromatic nitrogens is 2. The molecule has 0 radical (unpaired) electrons. The van der Waals surface area contributed by atoms with E-state index in [4.69, 9.17) is 0 Å². The van der Waals surface area contributed by atoms with Gasteiger partial charge in [-0.2, -0.15) is 5.10 Å². The Bertz CT molecular complexity index is 327. The van der Waals surface area contributed by atoms with Crippen LogP contribution in [0.4, 0.5) is 0 Å². The molecule has 0 bridgehead atoms. The molecule has 2 heterocycles. The van der Waals surface area contributed by atoms with Crippen LogP contribution in [0.2, 0.25) is 0 Å². The van der Waals surface area contributed by atoms with Crippen LogP contribution < -0.4 is 5.32 Å². The van der Waals surface area contributed by atoms with Gasteiger partial charge in [-0.3, -0.25) is 5.10 Å². The van der Waals surface area contributed by atoms with Crippen molar-refractivity contribution >= 4 is 15.9 Å². The van der Waals surface area contributed by atoms with E-state index in [9.17, 15) is 0 Å². The molecule has 1 aromatic rings. The van der Waals surface area contributed by atoms with Crippen LogP contribution in [0.1, 0.15) is 49.9 Å². The van der Waals surface area contributed by atoms with E-state index in [-0.39, 0.29) is 0 Å². The molecule has 1 aromatic heterocycles. The van der Waals surface area contributed by atoms with E-state index in [0.29, 0.717) is 11.8 Å². The number of piperidine rings is 1. The van der Waals surface area contributed by atoms with Crippen molar-refractivity contribution in [1.82, 2.24) is 15.5 Å². The first-order valence-corrected chi connectivity index (χ1v) is 6.43. The minimum atomic E-state index is 0.478. The van der Waals surface area contributed by atoms with Gasteiger partial charge in [-0.15, -0.1) is 0 Å². The topological polar surface area (TPSA) is 40.7 Å². The Morgan fingerprint density at radius 2 is 2.00 bits per heavy atom. The normalized spacial score (nSPS) is 18.7. The third-order valence-electron chi connectivity index (χ3n) is 3.05. The van der Waals surface area contributed by atoms with Gasteiger partial charge in [-0.1, -0.05) is 13.8 Å². The van der Waals surface area contributed by atoms with Gasteiger partial charge in [0.15, 0.2) is 0 Å². The average Bonchev–Trinajstić information content (AvgIpc) is 2.61. The molecule has 1 saturated heterocycles. The fraction of sp³-hybridized carbons (Fsp3) is 0.727. The van der Waals surface area contributed by atoms with Gasteiger partial charge < -0.3 is 5.32 Å². The van der Waals surface area contributed by atoms with Crippen molar-refractivity contribution in [3.05, 3.63) is 15.9 Å². The first kappa shape index (κ1) is 11.1. The Hall–Kier alpha value is -0.350. The first-order valence-electron chi connectivity index (χ1n) is 5.64. The van der Waals surface area contributed by atoms with Gasteiger partial charge in [0.1, 0.15) is 0 Å². The third kappa shape index (κ3) is 2.26. The van der Waals surface area contributed by atoms with Crippen molar-refractivity contribution in [2.24, 2.45) is 0 Å². The Morgan fingerprint density at radius 3 is 2.53 bits per heavy atom. The molecule has 0 amide bonds. The first-order chi connectivity index (χ1) is 7.20. The zero-order valence-electron chi connectivity index (χ0n) is 9.31. The summed E-state index contributed by atoms with van der Waals surface area (Å²) in [6.45, 7) is 6.58. The van der Waals surface area contributed by atoms with Crippen LogP contribution in [0, 0.1) is 0 Å². The van der Waals surface area contributed by atoms with Crippen molar-refractivity contribution in [3.8, 4) is 0 Å². The number of halogens is 1. The second-order valence-electron chi connectivity index (χ2n) is 4.52. The number of aromatic amines is 1. The largest absolute Gasteiger partial charge is 0.317 e. The standard InChI is InChI=1S/C11H18BrN3/c1-7(2)10-9(12)11(15-14-10)8-3-5-13-6-4-8/h7-8,13H,3-6H2,1-2H3,(H,14,15). The highest BCUT2D eigenvalue weighted by atomic mass is 79.9. The van der Waals surface area contributed by atoms with E-state index < -0.39 is 0 Å². The summed E-state index contributed by atoms with van der Waals surface area (Å²) < 4.78 is 1.20. The molecule has 2 N–H and O–H groups in total. The van der Waals surface area contributed by atoms with E-state index in [0.717, 1.165) is 18.8 Å². The van der Waals surface area contributed by atoms with Crippen molar-refractivity contribution in [3.63, 3.8) is 0 Å². The fourth-order valence-electron chi connectivity index (χ4n) is 2.12. The Morgan fingerprint density at radius 1 is 1.33 bits per heavy atom. The van der Waals surface area contributed by atoms with Crippen LogP contribution in [0.15, 0.2) is 4.47 Å². The summed E-state index contributed by atoms with van der Waals surface area (Å²) >= 11 is 3.67. The molecule has 0 spiro atoms. The summed E-state index contributed by atoms with van der Waals surface area (Å²) in [6.07, 6.45) is 2.41. The van der Waals surface area contributed by atoms with Crippen LogP contribution >= 0.6 is 15.9 Å². The molecule has 0 atom stereocenters. The van der Waals surface area contributed by atoms with Crippen LogP contribution in [-0.4, -0.2) is 23.3 Å². The number of hydrogen-bond donors (Lipinski definition) is 2. The molecule has 1 aliphatic rings. The Kier molecular flexibility index (Phi) is 3.46. The monoisotopic (exact) mass is 271 g/mol. The number of H-pyrrole nitrogens is 1. The lowest BCUT2D eigenvalue weighted by Crippen LogP contribution is -2.26. The molecule has 0 aromatic carbocycles. The van der Waals surface area contributed by atoms with Gasteiger partial charge in [0.2, 0.25) is 0 Å². The smallest absolute Gasteiger partial charge is 0.0792 e. The van der Waals surface area contributed by atoms with Crippen molar-refractivity contribution in [1.29, 1.82) is 0 Å². The van der Waals surface area contributed by atoms with Gasteiger partial charge in [0.05, 0.1) is 15.9 Å². The number of nitrogens with one attached hydrogen (secondary N) is 2. The molecule has 1 fully saturated rings. The maximum Gasteiger partial charge on any atom is 0.0792 e. The fourth-order valence-corrected chi connectivity index (χ4v) is 3.08. The van der Waals surface area contributed by atoms with Crippen molar-refractivity contribution in [2.45, 2.75) is 38.5 Å². The Balaban J connectivity index is 2.20. The SMILES string of the molecule is CC(C)c1n[nH]c(C2CCNCC2)c1Br. The minimum absolute atomic E-state index is 0.478. The minimum Gasteiger partial charge on any atom is -0.317 e. The van der Waals surface area contributed by atoms with Gasteiger partial charge >= 0.3 is 0 Å². The molecule has 2 rings (SSSR count). The maximum absolute atomic E-state index is 4.40. The van der Waals surface area contributed by atoms with E-state index in [1.165, 1.54) is 23.0 Å². The van der Waals surface area contributed by atoms with Gasteiger partial charge in [0.25, 0.3) is 0 Å². The summed E-state index contributed by atoms with van der Waals surface area (Å²) in [5.41, 5.74) is 2.45. The predicted molar refractivity (Wildman–Crippen MR) is 65.2 cm³/mol. The van der Waals surface area contributed by atoms with Crippen molar-refractivity contribution in [2.75, 3.05) is 13.1 Å². The summed E-state index contributed by atoms with van der Waals surface area (Å²) in [6, 6.07) is 0. The van der Waals surface area contributed by atoms with Gasteiger partial charge in [-0.05, 0) is 47.8 Å². The summed E-state index contributed by atoms with van der Waals surface area (Å²) in [7, 11) is 0. The van der Waals surface area contributed by atoms with Gasteiger partial charge in [0, 0.05) is 5.92 Å². The van der Waals surface area contributed by atoms with Crippen LogP contribution in [0.5, 0.6) is 0 Å². The maximum atomic E-state index is 4.40. The highest BCUT2D eigenvalue weighted by molar-refractivity contribution is 9.10. The summed E-state index contributed by atoms with van der Waals surface area (Å²) in [5.74, 6) is 1.12. The lowest BCUT2D eigenvalue weighted by atomic mass is 9.94. The third-order valence-corrected chi connectivity index (χ3v) is 3.89. The summed E-state index contributed by atoms with van der Waals surface area (Å²) in [4.78, 5) is 0. The molecule has 0 unspecified atom stereocenters. The zero-order valence-corrected chi connectivity index (χ0v) is 10.9. The van der Waals surface area contributed by atoms with Crippen LogP contribution in [0.25, 0.3) is 0 Å². The van der Waals surface area contributed by atoms with E-state index in [1.54, 1.807) is 0 Å². The molecule has 0 saturated carbocycles. The average molecular weight is 272 g/mol. The van der Waals surface area contributed by atoms with Crippen LogP contribution in [0.3, 0.4) is 0 Å². The molecular weight excluding hydrogens is 254 g/mol. The molecule has 0 aliphatic carbocycles. The predicted octanol–water partition coefficient (Wildman–Crippen LogP) is 2.76. The highest BCUT2D eigenvalue weighted by Gasteiger charge is 2.22. The lowest BCUT2D eigenvalue weighted by molar-refractivity contribution is 0.452. The molecular formula is C11H18BrN3. The number of rotatable bonds is 2. The van der Waals surface area contributed by atoms with Crippen LogP contribution in [-0.2, 0) is 0 Å². The second-order valence-corrected chi connectivity index (χ2v) is 5.31. The number of hydrogen-bond acceptors (Lipinski definition) is 2. The van der Waals surface area contributed by atoms with E-state index in [1.807, 2.05) is 0 Å². The molecule has 84 valence electrons.